The Labute approximate surface area is 159 Å². The Kier molecular flexibility index (Phi) is 4.81. The fraction of sp³-hybridized carbons (Fsp3) is 0.278. The van der Waals surface area contributed by atoms with Crippen molar-refractivity contribution in [2.75, 3.05) is 7.11 Å². The molecule has 26 heavy (non-hydrogen) atoms. The minimum atomic E-state index is -0.999. The fourth-order valence-electron chi connectivity index (χ4n) is 2.57. The zero-order chi connectivity index (χ0) is 19.1. The van der Waals surface area contributed by atoms with Crippen molar-refractivity contribution in [1.82, 2.24) is 4.98 Å². The van der Waals surface area contributed by atoms with Crippen molar-refractivity contribution in [2.24, 2.45) is 0 Å². The third kappa shape index (κ3) is 3.34. The van der Waals surface area contributed by atoms with Crippen LogP contribution in [0.5, 0.6) is 0 Å². The molecule has 0 radical (unpaired) electrons. The van der Waals surface area contributed by atoms with Crippen LogP contribution in [-0.2, 0) is 19.0 Å². The normalized spacial score (nSPS) is 15.8. The first-order chi connectivity index (χ1) is 12.2. The number of rotatable bonds is 3. The number of halogens is 1. The molecule has 2 heterocycles. The number of methoxy groups -OCH3 is 1. The number of carbonyl (C=O) groups excluding carboxylic acids is 1. The lowest BCUT2D eigenvalue weighted by Gasteiger charge is -2.20. The Hall–Kier alpha value is -2.32. The van der Waals surface area contributed by atoms with Crippen LogP contribution in [0, 0.1) is 12.7 Å². The molecule has 8 heteroatoms. The predicted octanol–water partition coefficient (Wildman–Crippen LogP) is 4.25. The molecule has 0 N–H and O–H groups in total. The van der Waals surface area contributed by atoms with E-state index in [4.69, 9.17) is 26.4 Å². The highest BCUT2D eigenvalue weighted by Crippen LogP contribution is 2.41. The molecule has 2 aromatic rings. The zero-order valence-electron chi connectivity index (χ0n) is 14.6. The molecule has 0 amide bonds. The van der Waals surface area contributed by atoms with Gasteiger partial charge in [0.15, 0.2) is 11.4 Å². The number of aromatic nitrogens is 1. The molecule has 0 unspecified atom stereocenters. The second-order valence-corrected chi connectivity index (χ2v) is 7.63. The molecule has 3 rings (SSSR count). The maximum atomic E-state index is 13.1. The number of aryl methyl sites for hydroxylation is 1. The Balaban J connectivity index is 2.11. The SMILES string of the molecule is COC(=S)OC1=C(c2nc(-c3ccc(F)cc3)sc2C)C(=O)OC1(C)C. The van der Waals surface area contributed by atoms with E-state index in [9.17, 15) is 9.18 Å². The average molecular weight is 393 g/mol. The van der Waals surface area contributed by atoms with Gasteiger partial charge in [0, 0.05) is 22.7 Å². The highest BCUT2D eigenvalue weighted by molar-refractivity contribution is 7.79. The summed E-state index contributed by atoms with van der Waals surface area (Å²) in [6.07, 6.45) is 0. The molecular weight excluding hydrogens is 377 g/mol. The molecule has 0 bridgehead atoms. The molecule has 136 valence electrons. The highest BCUT2D eigenvalue weighted by atomic mass is 32.1. The average Bonchev–Trinajstić information content (AvgIpc) is 3.05. The number of thiocarbonyl (C=S) groups is 1. The van der Waals surface area contributed by atoms with E-state index < -0.39 is 11.6 Å². The Morgan fingerprint density at radius 1 is 1.31 bits per heavy atom. The molecule has 0 atom stereocenters. The van der Waals surface area contributed by atoms with Crippen LogP contribution < -0.4 is 0 Å². The van der Waals surface area contributed by atoms with Crippen LogP contribution in [0.4, 0.5) is 4.39 Å². The van der Waals surface area contributed by atoms with Gasteiger partial charge in [0.1, 0.15) is 16.4 Å². The highest BCUT2D eigenvalue weighted by Gasteiger charge is 2.45. The lowest BCUT2D eigenvalue weighted by Crippen LogP contribution is -2.26. The second-order valence-electron chi connectivity index (χ2n) is 6.09. The van der Waals surface area contributed by atoms with Gasteiger partial charge in [-0.1, -0.05) is 0 Å². The number of ether oxygens (including phenoxy) is 3. The van der Waals surface area contributed by atoms with E-state index in [0.717, 1.165) is 10.4 Å². The lowest BCUT2D eigenvalue weighted by molar-refractivity contribution is -0.143. The van der Waals surface area contributed by atoms with E-state index in [2.05, 4.69) is 4.98 Å². The van der Waals surface area contributed by atoms with E-state index in [0.29, 0.717) is 10.7 Å². The number of hydrogen-bond donors (Lipinski definition) is 0. The van der Waals surface area contributed by atoms with Crippen molar-refractivity contribution >= 4 is 40.3 Å². The zero-order valence-corrected chi connectivity index (χ0v) is 16.2. The summed E-state index contributed by atoms with van der Waals surface area (Å²) in [5.74, 6) is -0.605. The van der Waals surface area contributed by atoms with Gasteiger partial charge in [0.2, 0.25) is 0 Å². The van der Waals surface area contributed by atoms with Crippen molar-refractivity contribution in [3.05, 3.63) is 46.4 Å². The van der Waals surface area contributed by atoms with Crippen molar-refractivity contribution < 1.29 is 23.4 Å². The van der Waals surface area contributed by atoms with Gasteiger partial charge in [-0.15, -0.1) is 11.3 Å². The first-order valence-electron chi connectivity index (χ1n) is 7.70. The molecule has 1 aromatic carbocycles. The van der Waals surface area contributed by atoms with Crippen LogP contribution in [0.15, 0.2) is 30.0 Å². The molecule has 0 fully saturated rings. The number of esters is 1. The van der Waals surface area contributed by atoms with Crippen molar-refractivity contribution in [3.8, 4) is 10.6 Å². The number of benzene rings is 1. The molecule has 5 nitrogen and oxygen atoms in total. The largest absolute Gasteiger partial charge is 0.460 e. The van der Waals surface area contributed by atoms with Gasteiger partial charge in [-0.3, -0.25) is 0 Å². The third-order valence-electron chi connectivity index (χ3n) is 3.80. The minimum Gasteiger partial charge on any atom is -0.460 e. The van der Waals surface area contributed by atoms with E-state index in [1.165, 1.54) is 30.6 Å². The molecule has 1 aliphatic rings. The number of thiazole rings is 1. The van der Waals surface area contributed by atoms with Crippen LogP contribution in [-0.4, -0.2) is 28.9 Å². The Morgan fingerprint density at radius 3 is 2.58 bits per heavy atom. The number of nitrogens with zero attached hydrogens (tertiary/aromatic N) is 1. The third-order valence-corrected chi connectivity index (χ3v) is 5.07. The standard InChI is InChI=1S/C18H16FNO4S2/c1-9-13(20-15(26-9)10-5-7-11(19)8-6-10)12-14(23-17(25)22-4)18(2,3)24-16(12)21/h5-8H,1-4H3. The number of hydrogen-bond acceptors (Lipinski definition) is 7. The number of carbonyl (C=O) groups is 1. The monoisotopic (exact) mass is 393 g/mol. The van der Waals surface area contributed by atoms with Gasteiger partial charge < -0.3 is 14.2 Å². The molecule has 0 spiro atoms. The van der Waals surface area contributed by atoms with Crippen LogP contribution in [0.1, 0.15) is 24.4 Å². The van der Waals surface area contributed by atoms with E-state index in [1.807, 2.05) is 6.92 Å². The number of cyclic esters (lactones) is 1. The van der Waals surface area contributed by atoms with E-state index in [1.54, 1.807) is 26.0 Å². The predicted molar refractivity (Wildman–Crippen MR) is 100 cm³/mol. The lowest BCUT2D eigenvalue weighted by atomic mass is 10.0. The fourth-order valence-corrected chi connectivity index (χ4v) is 3.58. The summed E-state index contributed by atoms with van der Waals surface area (Å²) in [5.41, 5.74) is 0.434. The molecule has 0 saturated heterocycles. The summed E-state index contributed by atoms with van der Waals surface area (Å²) < 4.78 is 29.0. The summed E-state index contributed by atoms with van der Waals surface area (Å²) in [7, 11) is 1.38. The molecule has 0 aliphatic carbocycles. The quantitative estimate of drug-likeness (QED) is 0.574. The van der Waals surface area contributed by atoms with Gasteiger partial charge in [-0.2, -0.15) is 0 Å². The van der Waals surface area contributed by atoms with Gasteiger partial charge in [-0.25, -0.2) is 14.2 Å². The van der Waals surface area contributed by atoms with Crippen molar-refractivity contribution in [1.29, 1.82) is 0 Å². The summed E-state index contributed by atoms with van der Waals surface area (Å²) in [5, 5.41) is 0.548. The smallest absolute Gasteiger partial charge is 0.357 e. The minimum absolute atomic E-state index is 0.115. The Morgan fingerprint density at radius 2 is 1.96 bits per heavy atom. The van der Waals surface area contributed by atoms with Gasteiger partial charge in [0.05, 0.1) is 12.8 Å². The summed E-state index contributed by atoms with van der Waals surface area (Å²) >= 11 is 6.36. The first kappa shape index (κ1) is 18.5. The van der Waals surface area contributed by atoms with Gasteiger partial charge >= 0.3 is 11.2 Å². The maximum absolute atomic E-state index is 13.1. The first-order valence-corrected chi connectivity index (χ1v) is 8.93. The molecular formula is C18H16FNO4S2. The van der Waals surface area contributed by atoms with Gasteiger partial charge in [-0.05, 0) is 45.0 Å². The van der Waals surface area contributed by atoms with E-state index >= 15 is 0 Å². The van der Waals surface area contributed by atoms with Crippen LogP contribution >= 0.6 is 23.6 Å². The van der Waals surface area contributed by atoms with Crippen LogP contribution in [0.2, 0.25) is 0 Å². The molecule has 1 aliphatic heterocycles. The summed E-state index contributed by atoms with van der Waals surface area (Å²) in [4.78, 5) is 17.9. The van der Waals surface area contributed by atoms with Crippen LogP contribution in [0.25, 0.3) is 16.1 Å². The molecule has 0 saturated carbocycles. The second kappa shape index (κ2) is 6.77. The van der Waals surface area contributed by atoms with Crippen molar-refractivity contribution in [2.45, 2.75) is 26.4 Å². The summed E-state index contributed by atoms with van der Waals surface area (Å²) in [6.45, 7) is 5.25. The van der Waals surface area contributed by atoms with Gasteiger partial charge in [0.25, 0.3) is 0 Å². The van der Waals surface area contributed by atoms with Crippen LogP contribution in [0.3, 0.4) is 0 Å². The Bertz CT molecular complexity index is 916. The maximum Gasteiger partial charge on any atom is 0.357 e. The molecule has 1 aromatic heterocycles. The van der Waals surface area contributed by atoms with Crippen molar-refractivity contribution in [3.63, 3.8) is 0 Å². The summed E-state index contributed by atoms with van der Waals surface area (Å²) in [6, 6.07) is 6.01. The topological polar surface area (TPSA) is 57.7 Å². The van der Waals surface area contributed by atoms with E-state index in [-0.39, 0.29) is 22.4 Å².